The minimum atomic E-state index is -0.180. The molecule has 0 unspecified atom stereocenters. The molecule has 3 aromatic rings. The number of rotatable bonds is 6. The van der Waals surface area contributed by atoms with E-state index in [2.05, 4.69) is 10.3 Å². The first kappa shape index (κ1) is 20.2. The number of halogens is 2. The number of aliphatic hydroxyl groups excluding tert-OH is 1. The molecule has 1 aromatic carbocycles. The fraction of sp³-hybridized carbons (Fsp3) is 0.238. The van der Waals surface area contributed by atoms with Gasteiger partial charge < -0.3 is 19.7 Å². The van der Waals surface area contributed by atoms with Crippen molar-refractivity contribution in [3.63, 3.8) is 0 Å². The fourth-order valence-corrected chi connectivity index (χ4v) is 4.14. The Morgan fingerprint density at radius 1 is 1.14 bits per heavy atom. The molecule has 2 atom stereocenters. The van der Waals surface area contributed by atoms with E-state index in [0.717, 1.165) is 17.0 Å². The van der Waals surface area contributed by atoms with E-state index in [1.54, 1.807) is 18.3 Å². The average molecular weight is 448 g/mol. The molecule has 0 bridgehead atoms. The van der Waals surface area contributed by atoms with Crippen LogP contribution in [0.5, 0.6) is 0 Å². The summed E-state index contributed by atoms with van der Waals surface area (Å²) in [6.45, 7) is 0.700. The Kier molecular flexibility index (Phi) is 6.06. The lowest BCUT2D eigenvalue weighted by Gasteiger charge is -2.25. The number of furan rings is 1. The molecule has 3 heterocycles. The number of thiocarbonyl (C=S) groups is 1. The normalized spacial score (nSPS) is 18.9. The largest absolute Gasteiger partial charge is 0.459 e. The first-order valence-electron chi connectivity index (χ1n) is 9.22. The van der Waals surface area contributed by atoms with E-state index in [0.29, 0.717) is 33.9 Å². The lowest BCUT2D eigenvalue weighted by Crippen LogP contribution is -2.30. The molecule has 0 spiro atoms. The number of benzene rings is 1. The number of aliphatic hydroxyl groups is 1. The van der Waals surface area contributed by atoms with Crippen LogP contribution in [0, 0.1) is 0 Å². The van der Waals surface area contributed by atoms with Crippen LogP contribution in [0.4, 0.5) is 0 Å². The predicted octanol–water partition coefficient (Wildman–Crippen LogP) is 5.00. The molecule has 2 aromatic heterocycles. The molecule has 0 aliphatic carbocycles. The van der Waals surface area contributed by atoms with Gasteiger partial charge in [-0.2, -0.15) is 0 Å². The molecule has 0 radical (unpaired) electrons. The first-order valence-corrected chi connectivity index (χ1v) is 10.4. The van der Waals surface area contributed by atoms with Gasteiger partial charge in [0.25, 0.3) is 0 Å². The van der Waals surface area contributed by atoms with Crippen LogP contribution in [0.25, 0.3) is 11.3 Å². The van der Waals surface area contributed by atoms with Crippen molar-refractivity contribution in [2.75, 3.05) is 13.2 Å². The Balaban J connectivity index is 1.71. The van der Waals surface area contributed by atoms with Crippen LogP contribution in [0.1, 0.15) is 30.0 Å². The molecule has 2 N–H and O–H groups in total. The second-order valence-electron chi connectivity index (χ2n) is 6.73. The van der Waals surface area contributed by atoms with E-state index >= 15 is 0 Å². The van der Waals surface area contributed by atoms with E-state index in [-0.39, 0.29) is 18.7 Å². The molecule has 1 saturated heterocycles. The fourth-order valence-electron chi connectivity index (χ4n) is 3.51. The molecule has 1 fully saturated rings. The van der Waals surface area contributed by atoms with Gasteiger partial charge >= 0.3 is 0 Å². The quantitative estimate of drug-likeness (QED) is 0.518. The zero-order valence-electron chi connectivity index (χ0n) is 15.4. The maximum Gasteiger partial charge on any atom is 0.170 e. The monoisotopic (exact) mass is 447 g/mol. The van der Waals surface area contributed by atoms with E-state index in [1.807, 2.05) is 41.3 Å². The number of aromatic nitrogens is 1. The van der Waals surface area contributed by atoms with Crippen LogP contribution in [-0.4, -0.2) is 33.3 Å². The third-order valence-electron chi connectivity index (χ3n) is 4.88. The molecule has 4 rings (SSSR count). The van der Waals surface area contributed by atoms with Crippen molar-refractivity contribution in [3.05, 3.63) is 76.2 Å². The Morgan fingerprint density at radius 2 is 2.00 bits per heavy atom. The van der Waals surface area contributed by atoms with Gasteiger partial charge in [-0.3, -0.25) is 4.98 Å². The highest BCUT2D eigenvalue weighted by Crippen LogP contribution is 2.40. The molecular formula is C21H19Cl2N3O2S. The maximum atomic E-state index is 9.30. The Bertz CT molecular complexity index is 1010. The highest BCUT2D eigenvalue weighted by atomic mass is 35.5. The van der Waals surface area contributed by atoms with E-state index in [4.69, 9.17) is 39.8 Å². The molecular weight excluding hydrogens is 429 g/mol. The topological polar surface area (TPSA) is 61.5 Å². The van der Waals surface area contributed by atoms with Gasteiger partial charge in [-0.1, -0.05) is 29.3 Å². The summed E-state index contributed by atoms with van der Waals surface area (Å²) in [5, 5.41) is 14.3. The second kappa shape index (κ2) is 8.71. The van der Waals surface area contributed by atoms with E-state index < -0.39 is 0 Å². The lowest BCUT2D eigenvalue weighted by atomic mass is 10.0. The number of hydrogen-bond donors (Lipinski definition) is 2. The van der Waals surface area contributed by atoms with Gasteiger partial charge in [0.05, 0.1) is 21.8 Å². The number of nitrogens with one attached hydrogen (secondary N) is 1. The Hall–Kier alpha value is -2.12. The average Bonchev–Trinajstić information content (AvgIpc) is 3.34. The summed E-state index contributed by atoms with van der Waals surface area (Å²) in [5.41, 5.74) is 1.72. The van der Waals surface area contributed by atoms with Crippen molar-refractivity contribution in [2.45, 2.75) is 18.5 Å². The molecule has 150 valence electrons. The zero-order chi connectivity index (χ0) is 20.4. The SMILES string of the molecule is OCCCN1C(=S)N[C@@H](c2ccccn2)[C@H]1c1ccc(-c2ccc(Cl)c(Cl)c2)o1. The number of pyridine rings is 1. The van der Waals surface area contributed by atoms with Gasteiger partial charge in [-0.25, -0.2) is 0 Å². The first-order chi connectivity index (χ1) is 14.1. The summed E-state index contributed by atoms with van der Waals surface area (Å²) in [5.74, 6) is 1.45. The van der Waals surface area contributed by atoms with E-state index in [1.165, 1.54) is 0 Å². The van der Waals surface area contributed by atoms with Crippen LogP contribution >= 0.6 is 35.4 Å². The molecule has 1 aliphatic heterocycles. The highest BCUT2D eigenvalue weighted by Gasteiger charge is 2.41. The second-order valence-corrected chi connectivity index (χ2v) is 7.93. The van der Waals surface area contributed by atoms with Crippen molar-refractivity contribution < 1.29 is 9.52 Å². The summed E-state index contributed by atoms with van der Waals surface area (Å²) in [6.07, 6.45) is 2.37. The number of hydrogen-bond acceptors (Lipinski definition) is 4. The van der Waals surface area contributed by atoms with Crippen LogP contribution in [0.3, 0.4) is 0 Å². The lowest BCUT2D eigenvalue weighted by molar-refractivity contribution is 0.233. The molecule has 29 heavy (non-hydrogen) atoms. The van der Waals surface area contributed by atoms with Crippen molar-refractivity contribution in [1.29, 1.82) is 0 Å². The third kappa shape index (κ3) is 4.12. The van der Waals surface area contributed by atoms with Crippen LogP contribution in [0.2, 0.25) is 10.0 Å². The van der Waals surface area contributed by atoms with Crippen molar-refractivity contribution in [1.82, 2.24) is 15.2 Å². The summed E-state index contributed by atoms with van der Waals surface area (Å²) in [4.78, 5) is 6.54. The highest BCUT2D eigenvalue weighted by molar-refractivity contribution is 7.80. The minimum Gasteiger partial charge on any atom is -0.459 e. The minimum absolute atomic E-state index is 0.0900. The van der Waals surface area contributed by atoms with Gasteiger partial charge in [0.2, 0.25) is 0 Å². The van der Waals surface area contributed by atoms with Gasteiger partial charge in [0.1, 0.15) is 17.6 Å². The summed E-state index contributed by atoms with van der Waals surface area (Å²) < 4.78 is 6.23. The molecule has 5 nitrogen and oxygen atoms in total. The van der Waals surface area contributed by atoms with E-state index in [9.17, 15) is 5.11 Å². The van der Waals surface area contributed by atoms with Crippen LogP contribution in [-0.2, 0) is 0 Å². The summed E-state index contributed by atoms with van der Waals surface area (Å²) in [6, 6.07) is 14.7. The Labute approximate surface area is 184 Å². The predicted molar refractivity (Wildman–Crippen MR) is 118 cm³/mol. The Morgan fingerprint density at radius 3 is 2.72 bits per heavy atom. The smallest absolute Gasteiger partial charge is 0.170 e. The molecule has 8 heteroatoms. The molecule has 0 saturated carbocycles. The standard InChI is InChI=1S/C21H19Cl2N3O2S/c22-14-6-5-13(12-15(14)23)17-7-8-18(28-17)20-19(16-4-1-2-9-24-16)25-21(29)26(20)10-3-11-27/h1-2,4-9,12,19-20,27H,3,10-11H2,(H,25,29)/t19-,20+/m0/s1. The zero-order valence-corrected chi connectivity index (χ0v) is 17.7. The molecule has 1 aliphatic rings. The van der Waals surface area contributed by atoms with Crippen molar-refractivity contribution in [2.24, 2.45) is 0 Å². The van der Waals surface area contributed by atoms with Crippen molar-refractivity contribution >= 4 is 40.5 Å². The van der Waals surface area contributed by atoms with Gasteiger partial charge in [0, 0.05) is 24.9 Å². The van der Waals surface area contributed by atoms with Crippen LogP contribution < -0.4 is 5.32 Å². The molecule has 0 amide bonds. The summed E-state index contributed by atoms with van der Waals surface area (Å²) >= 11 is 17.8. The number of nitrogens with zero attached hydrogens (tertiary/aromatic N) is 2. The van der Waals surface area contributed by atoms with Crippen LogP contribution in [0.15, 0.2) is 59.1 Å². The maximum absolute atomic E-state index is 9.30. The third-order valence-corrected chi connectivity index (χ3v) is 5.97. The van der Waals surface area contributed by atoms with Gasteiger partial charge in [-0.05, 0) is 61.1 Å². The van der Waals surface area contributed by atoms with Gasteiger partial charge in [0.15, 0.2) is 5.11 Å². The van der Waals surface area contributed by atoms with Crippen molar-refractivity contribution in [3.8, 4) is 11.3 Å². The summed E-state index contributed by atoms with van der Waals surface area (Å²) in [7, 11) is 0. The van der Waals surface area contributed by atoms with Gasteiger partial charge in [-0.15, -0.1) is 0 Å².